The van der Waals surface area contributed by atoms with Gasteiger partial charge in [0, 0.05) is 18.8 Å². The van der Waals surface area contributed by atoms with Crippen LogP contribution < -0.4 is 14.8 Å². The molecule has 2 heterocycles. The number of pyridine rings is 1. The van der Waals surface area contributed by atoms with Crippen molar-refractivity contribution in [2.75, 3.05) is 12.1 Å². The predicted molar refractivity (Wildman–Crippen MR) is 75.8 cm³/mol. The van der Waals surface area contributed by atoms with Gasteiger partial charge in [-0.05, 0) is 17.7 Å². The number of rotatable bonds is 4. The van der Waals surface area contributed by atoms with Gasteiger partial charge in [-0.3, -0.25) is 10.1 Å². The van der Waals surface area contributed by atoms with Crippen molar-refractivity contribution in [1.29, 1.82) is 0 Å². The average Bonchev–Trinajstić information content (AvgIpc) is 2.93. The summed E-state index contributed by atoms with van der Waals surface area (Å²) in [4.78, 5) is 14.4. The first-order valence-corrected chi connectivity index (χ1v) is 6.43. The first kappa shape index (κ1) is 13.4. The van der Waals surface area contributed by atoms with E-state index < -0.39 is 4.92 Å². The Kier molecular flexibility index (Phi) is 3.49. The minimum atomic E-state index is -0.527. The number of nitro groups is 1. The molecule has 8 heteroatoms. The Labute approximate surface area is 124 Å². The SMILES string of the molecule is O=[N+]([O-])c1cc(Cl)cnc1NCc1ccc2c(c1)OCO2. The molecule has 0 bridgehead atoms. The van der Waals surface area contributed by atoms with Crippen LogP contribution in [0.15, 0.2) is 30.5 Å². The van der Waals surface area contributed by atoms with Crippen molar-refractivity contribution >= 4 is 23.1 Å². The van der Waals surface area contributed by atoms with Gasteiger partial charge in [0.15, 0.2) is 11.5 Å². The van der Waals surface area contributed by atoms with Crippen LogP contribution >= 0.6 is 11.6 Å². The van der Waals surface area contributed by atoms with Gasteiger partial charge in [-0.2, -0.15) is 0 Å². The molecule has 0 amide bonds. The van der Waals surface area contributed by atoms with Gasteiger partial charge in [0.2, 0.25) is 12.6 Å². The zero-order valence-electron chi connectivity index (χ0n) is 10.7. The molecule has 2 aromatic rings. The third kappa shape index (κ3) is 2.82. The zero-order valence-corrected chi connectivity index (χ0v) is 11.5. The molecule has 0 radical (unpaired) electrons. The Morgan fingerprint density at radius 1 is 1.33 bits per heavy atom. The third-order valence-corrected chi connectivity index (χ3v) is 3.13. The first-order valence-electron chi connectivity index (χ1n) is 6.06. The monoisotopic (exact) mass is 307 g/mol. The van der Waals surface area contributed by atoms with Gasteiger partial charge in [-0.1, -0.05) is 17.7 Å². The average molecular weight is 308 g/mol. The molecule has 0 aliphatic carbocycles. The molecule has 21 heavy (non-hydrogen) atoms. The topological polar surface area (TPSA) is 86.5 Å². The Morgan fingerprint density at radius 3 is 2.95 bits per heavy atom. The second-order valence-electron chi connectivity index (χ2n) is 4.32. The highest BCUT2D eigenvalue weighted by Crippen LogP contribution is 2.33. The van der Waals surface area contributed by atoms with Gasteiger partial charge in [0.05, 0.1) is 9.95 Å². The largest absolute Gasteiger partial charge is 0.454 e. The van der Waals surface area contributed by atoms with Gasteiger partial charge < -0.3 is 14.8 Å². The summed E-state index contributed by atoms with van der Waals surface area (Å²) in [5, 5.41) is 14.1. The van der Waals surface area contributed by atoms with Crippen molar-refractivity contribution in [3.8, 4) is 11.5 Å². The number of benzene rings is 1. The number of hydrogen-bond donors (Lipinski definition) is 1. The maximum atomic E-state index is 11.0. The molecule has 0 saturated carbocycles. The van der Waals surface area contributed by atoms with E-state index in [-0.39, 0.29) is 23.3 Å². The quantitative estimate of drug-likeness (QED) is 0.690. The van der Waals surface area contributed by atoms with E-state index in [1.54, 1.807) is 6.07 Å². The first-order chi connectivity index (χ1) is 10.1. The number of ether oxygens (including phenoxy) is 2. The predicted octanol–water partition coefficient (Wildman–Crippen LogP) is 2.98. The zero-order chi connectivity index (χ0) is 14.8. The highest BCUT2D eigenvalue weighted by Gasteiger charge is 2.17. The molecule has 1 N–H and O–H groups in total. The van der Waals surface area contributed by atoms with Crippen LogP contribution in [-0.2, 0) is 6.54 Å². The molecule has 1 aromatic heterocycles. The molecule has 3 rings (SSSR count). The van der Waals surface area contributed by atoms with E-state index in [1.165, 1.54) is 12.3 Å². The maximum Gasteiger partial charge on any atom is 0.312 e. The van der Waals surface area contributed by atoms with Gasteiger partial charge in [0.25, 0.3) is 0 Å². The lowest BCUT2D eigenvalue weighted by molar-refractivity contribution is -0.384. The van der Waals surface area contributed by atoms with E-state index >= 15 is 0 Å². The summed E-state index contributed by atoms with van der Waals surface area (Å²) in [7, 11) is 0. The lowest BCUT2D eigenvalue weighted by Gasteiger charge is -2.07. The number of fused-ring (bicyclic) bond motifs is 1. The molecule has 7 nitrogen and oxygen atoms in total. The molecular weight excluding hydrogens is 298 g/mol. The summed E-state index contributed by atoms with van der Waals surface area (Å²) in [6.45, 7) is 0.572. The number of nitrogens with one attached hydrogen (secondary N) is 1. The summed E-state index contributed by atoms with van der Waals surface area (Å²) in [5.74, 6) is 1.52. The molecule has 0 atom stereocenters. The van der Waals surface area contributed by atoms with Crippen LogP contribution in [0.25, 0.3) is 0 Å². The Balaban J connectivity index is 1.77. The number of nitrogens with zero attached hydrogens (tertiary/aromatic N) is 2. The molecule has 1 aromatic carbocycles. The lowest BCUT2D eigenvalue weighted by atomic mass is 10.2. The van der Waals surface area contributed by atoms with E-state index in [0.29, 0.717) is 18.0 Å². The van der Waals surface area contributed by atoms with Crippen molar-refractivity contribution in [3.63, 3.8) is 0 Å². The maximum absolute atomic E-state index is 11.0. The molecule has 1 aliphatic heterocycles. The van der Waals surface area contributed by atoms with E-state index in [2.05, 4.69) is 10.3 Å². The Hall–Kier alpha value is -2.54. The van der Waals surface area contributed by atoms with E-state index in [1.807, 2.05) is 12.1 Å². The Bertz CT molecular complexity index is 708. The molecule has 0 saturated heterocycles. The minimum absolute atomic E-state index is 0.164. The van der Waals surface area contributed by atoms with Crippen molar-refractivity contribution in [1.82, 2.24) is 4.98 Å². The second kappa shape index (κ2) is 5.45. The number of anilines is 1. The molecule has 108 valence electrons. The molecule has 0 fully saturated rings. The fourth-order valence-electron chi connectivity index (χ4n) is 1.94. The molecule has 0 spiro atoms. The smallest absolute Gasteiger partial charge is 0.312 e. The summed E-state index contributed by atoms with van der Waals surface area (Å²) in [6, 6.07) is 6.72. The van der Waals surface area contributed by atoms with Gasteiger partial charge in [-0.25, -0.2) is 4.98 Å². The molecule has 0 unspecified atom stereocenters. The summed E-state index contributed by atoms with van der Waals surface area (Å²) < 4.78 is 10.5. The fourth-order valence-corrected chi connectivity index (χ4v) is 2.09. The van der Waals surface area contributed by atoms with Crippen LogP contribution in [0.5, 0.6) is 11.5 Å². The van der Waals surface area contributed by atoms with Crippen LogP contribution in [0.3, 0.4) is 0 Å². The van der Waals surface area contributed by atoms with Crippen molar-refractivity contribution < 1.29 is 14.4 Å². The minimum Gasteiger partial charge on any atom is -0.454 e. The standard InChI is InChI=1S/C13H10ClN3O4/c14-9-4-10(17(18)19)13(16-6-9)15-5-8-1-2-11-12(3-8)21-7-20-11/h1-4,6H,5,7H2,(H,15,16). The Morgan fingerprint density at radius 2 is 2.14 bits per heavy atom. The summed E-state index contributed by atoms with van der Waals surface area (Å²) in [5.41, 5.74) is 0.730. The van der Waals surface area contributed by atoms with Crippen molar-refractivity contribution in [3.05, 3.63) is 51.2 Å². The van der Waals surface area contributed by atoms with Crippen LogP contribution in [0.2, 0.25) is 5.02 Å². The normalized spacial score (nSPS) is 12.2. The summed E-state index contributed by atoms with van der Waals surface area (Å²) in [6.07, 6.45) is 1.36. The molecular formula is C13H10ClN3O4. The third-order valence-electron chi connectivity index (χ3n) is 2.93. The van der Waals surface area contributed by atoms with Crippen molar-refractivity contribution in [2.45, 2.75) is 6.54 Å². The number of halogens is 1. The van der Waals surface area contributed by atoms with E-state index in [4.69, 9.17) is 21.1 Å². The number of aromatic nitrogens is 1. The highest BCUT2D eigenvalue weighted by molar-refractivity contribution is 6.30. The van der Waals surface area contributed by atoms with Gasteiger partial charge in [0.1, 0.15) is 0 Å². The molecule has 1 aliphatic rings. The number of hydrogen-bond acceptors (Lipinski definition) is 6. The van der Waals surface area contributed by atoms with Crippen LogP contribution in [0, 0.1) is 10.1 Å². The fraction of sp³-hybridized carbons (Fsp3) is 0.154. The van der Waals surface area contributed by atoms with Crippen LogP contribution in [0.4, 0.5) is 11.5 Å². The summed E-state index contributed by atoms with van der Waals surface area (Å²) >= 11 is 5.72. The second-order valence-corrected chi connectivity index (χ2v) is 4.76. The van der Waals surface area contributed by atoms with E-state index in [9.17, 15) is 10.1 Å². The van der Waals surface area contributed by atoms with Crippen LogP contribution in [0.1, 0.15) is 5.56 Å². The lowest BCUT2D eigenvalue weighted by Crippen LogP contribution is -2.04. The van der Waals surface area contributed by atoms with Crippen molar-refractivity contribution in [2.24, 2.45) is 0 Å². The highest BCUT2D eigenvalue weighted by atomic mass is 35.5. The van der Waals surface area contributed by atoms with E-state index in [0.717, 1.165) is 5.56 Å². The van der Waals surface area contributed by atoms with Crippen LogP contribution in [-0.4, -0.2) is 16.7 Å². The van der Waals surface area contributed by atoms with Gasteiger partial charge >= 0.3 is 5.69 Å². The van der Waals surface area contributed by atoms with Gasteiger partial charge in [-0.15, -0.1) is 0 Å².